The van der Waals surface area contributed by atoms with Gasteiger partial charge >= 0.3 is 17.9 Å². The first-order valence-electron chi connectivity index (χ1n) is 27.1. The zero-order valence-electron chi connectivity index (χ0n) is 42.5. The van der Waals surface area contributed by atoms with Gasteiger partial charge in [-0.15, -0.1) is 0 Å². The fourth-order valence-electron chi connectivity index (χ4n) is 7.29. The molecule has 0 N–H and O–H groups in total. The van der Waals surface area contributed by atoms with Gasteiger partial charge in [0.15, 0.2) is 6.10 Å². The Labute approximate surface area is 401 Å². The van der Waals surface area contributed by atoms with Crippen LogP contribution in [0.15, 0.2) is 85.1 Å². The first kappa shape index (κ1) is 61.6. The number of unbranched alkanes of at least 4 members (excludes halogenated alkanes) is 23. The summed E-state index contributed by atoms with van der Waals surface area (Å²) < 4.78 is 16.8. The van der Waals surface area contributed by atoms with Crippen molar-refractivity contribution < 1.29 is 28.6 Å². The minimum absolute atomic E-state index is 0.0857. The highest BCUT2D eigenvalue weighted by Crippen LogP contribution is 2.14. The van der Waals surface area contributed by atoms with Gasteiger partial charge < -0.3 is 14.2 Å². The maximum absolute atomic E-state index is 12.8. The smallest absolute Gasteiger partial charge is 0.306 e. The Balaban J connectivity index is 4.25. The van der Waals surface area contributed by atoms with Crippen LogP contribution in [-0.4, -0.2) is 37.2 Å². The van der Waals surface area contributed by atoms with Gasteiger partial charge in [-0.3, -0.25) is 14.4 Å². The zero-order chi connectivity index (χ0) is 47.2. The van der Waals surface area contributed by atoms with E-state index < -0.39 is 6.10 Å². The molecule has 0 aliphatic carbocycles. The first-order chi connectivity index (χ1) is 32.0. The van der Waals surface area contributed by atoms with Crippen molar-refractivity contribution in [3.05, 3.63) is 85.1 Å². The lowest BCUT2D eigenvalue weighted by molar-refractivity contribution is -0.167. The third-order valence-electron chi connectivity index (χ3n) is 11.3. The Kier molecular flexibility index (Phi) is 50.4. The molecule has 6 nitrogen and oxygen atoms in total. The van der Waals surface area contributed by atoms with Crippen molar-refractivity contribution in [1.29, 1.82) is 0 Å². The Bertz CT molecular complexity index is 1270. The Morgan fingerprint density at radius 2 is 0.631 bits per heavy atom. The molecule has 6 heteroatoms. The van der Waals surface area contributed by atoms with Crippen LogP contribution in [0.25, 0.3) is 0 Å². The van der Waals surface area contributed by atoms with Gasteiger partial charge in [0.05, 0.1) is 0 Å². The van der Waals surface area contributed by atoms with Crippen LogP contribution in [0.4, 0.5) is 0 Å². The number of esters is 3. The number of allylic oxidation sites excluding steroid dienone is 14. The number of carbonyl (C=O) groups is 3. The summed E-state index contributed by atoms with van der Waals surface area (Å²) in [5.41, 5.74) is 0. The summed E-state index contributed by atoms with van der Waals surface area (Å²) in [6.07, 6.45) is 68.6. The predicted octanol–water partition coefficient (Wildman–Crippen LogP) is 18.0. The Morgan fingerprint density at radius 1 is 0.323 bits per heavy atom. The number of hydrogen-bond donors (Lipinski definition) is 0. The van der Waals surface area contributed by atoms with Crippen LogP contribution in [0, 0.1) is 0 Å². The molecule has 0 saturated carbocycles. The largest absolute Gasteiger partial charge is 0.462 e. The molecule has 0 fully saturated rings. The minimum Gasteiger partial charge on any atom is -0.462 e. The molecule has 0 aromatic rings. The fraction of sp³-hybridized carbons (Fsp3) is 0.712. The number of rotatable bonds is 48. The number of ether oxygens (including phenoxy) is 3. The summed E-state index contributed by atoms with van der Waals surface area (Å²) >= 11 is 0. The molecule has 0 aromatic heterocycles. The monoisotopic (exact) mass is 905 g/mol. The lowest BCUT2D eigenvalue weighted by Crippen LogP contribution is -2.30. The molecule has 0 aliphatic rings. The lowest BCUT2D eigenvalue weighted by Gasteiger charge is -2.18. The summed E-state index contributed by atoms with van der Waals surface area (Å²) in [6, 6.07) is 0. The van der Waals surface area contributed by atoms with Crippen molar-refractivity contribution in [2.24, 2.45) is 0 Å². The second kappa shape index (κ2) is 53.2. The van der Waals surface area contributed by atoms with Crippen molar-refractivity contribution in [1.82, 2.24) is 0 Å². The van der Waals surface area contributed by atoms with Gasteiger partial charge in [-0.25, -0.2) is 0 Å². The highest BCUT2D eigenvalue weighted by Gasteiger charge is 2.19. The summed E-state index contributed by atoms with van der Waals surface area (Å²) in [7, 11) is 0. The molecule has 1 unspecified atom stereocenters. The summed E-state index contributed by atoms with van der Waals surface area (Å²) in [6.45, 7) is 6.42. The second-order valence-corrected chi connectivity index (χ2v) is 17.7. The van der Waals surface area contributed by atoms with Crippen molar-refractivity contribution in [3.63, 3.8) is 0 Å². The van der Waals surface area contributed by atoms with E-state index >= 15 is 0 Å². The zero-order valence-corrected chi connectivity index (χ0v) is 42.5. The number of hydrogen-bond acceptors (Lipinski definition) is 6. The summed E-state index contributed by atoms with van der Waals surface area (Å²) in [5.74, 6) is -0.912. The van der Waals surface area contributed by atoms with Gasteiger partial charge in [0, 0.05) is 19.3 Å². The average molecular weight is 905 g/mol. The predicted molar refractivity (Wildman–Crippen MR) is 279 cm³/mol. The van der Waals surface area contributed by atoms with E-state index in [1.807, 2.05) is 0 Å². The molecule has 0 heterocycles. The molecule has 1 atom stereocenters. The molecule has 0 aliphatic heterocycles. The van der Waals surface area contributed by atoms with E-state index in [1.165, 1.54) is 89.9 Å². The van der Waals surface area contributed by atoms with E-state index in [0.717, 1.165) is 122 Å². The average Bonchev–Trinajstić information content (AvgIpc) is 3.30. The molecule has 65 heavy (non-hydrogen) atoms. The maximum Gasteiger partial charge on any atom is 0.306 e. The molecule has 0 amide bonds. The van der Waals surface area contributed by atoms with Gasteiger partial charge in [-0.05, 0) is 109 Å². The Morgan fingerprint density at radius 3 is 1.02 bits per heavy atom. The van der Waals surface area contributed by atoms with Gasteiger partial charge in [0.1, 0.15) is 13.2 Å². The van der Waals surface area contributed by atoms with Gasteiger partial charge in [-0.1, -0.05) is 209 Å². The molecular weight excluding hydrogens is 805 g/mol. The molecule has 0 aromatic carbocycles. The molecule has 0 radical (unpaired) electrons. The second-order valence-electron chi connectivity index (χ2n) is 17.7. The maximum atomic E-state index is 12.8. The summed E-state index contributed by atoms with van der Waals surface area (Å²) in [4.78, 5) is 37.9. The quantitative estimate of drug-likeness (QED) is 0.0262. The summed E-state index contributed by atoms with van der Waals surface area (Å²) in [5, 5.41) is 0. The van der Waals surface area contributed by atoms with Crippen LogP contribution in [0.5, 0.6) is 0 Å². The van der Waals surface area contributed by atoms with E-state index in [9.17, 15) is 14.4 Å². The SMILES string of the molecule is CC/C=C\C/C=C\C/C=C\C/C=C\C/C=C\CCCCCCCCCCCC(=O)OCC(COC(=O)CCCCCCC/C=C\CCC)OC(=O)CCCCCCC/C=C\CCCCC. The van der Waals surface area contributed by atoms with E-state index in [2.05, 4.69) is 106 Å². The van der Waals surface area contributed by atoms with E-state index in [4.69, 9.17) is 14.2 Å². The van der Waals surface area contributed by atoms with Gasteiger partial charge in [-0.2, -0.15) is 0 Å². The molecule has 0 rings (SSSR count). The minimum atomic E-state index is -0.785. The topological polar surface area (TPSA) is 78.9 Å². The normalized spacial score (nSPS) is 12.7. The van der Waals surface area contributed by atoms with Gasteiger partial charge in [0.25, 0.3) is 0 Å². The van der Waals surface area contributed by atoms with Crippen LogP contribution < -0.4 is 0 Å². The third kappa shape index (κ3) is 51.4. The molecular formula is C59H100O6. The Hall–Kier alpha value is -3.41. The van der Waals surface area contributed by atoms with Crippen LogP contribution in [0.3, 0.4) is 0 Å². The highest BCUT2D eigenvalue weighted by atomic mass is 16.6. The molecule has 372 valence electrons. The van der Waals surface area contributed by atoms with Crippen LogP contribution in [-0.2, 0) is 28.6 Å². The lowest BCUT2D eigenvalue weighted by atomic mass is 10.1. The van der Waals surface area contributed by atoms with Crippen molar-refractivity contribution >= 4 is 17.9 Å². The van der Waals surface area contributed by atoms with Crippen molar-refractivity contribution in [2.75, 3.05) is 13.2 Å². The van der Waals surface area contributed by atoms with Gasteiger partial charge in [0.2, 0.25) is 0 Å². The first-order valence-corrected chi connectivity index (χ1v) is 27.1. The molecule has 0 saturated heterocycles. The molecule has 0 spiro atoms. The van der Waals surface area contributed by atoms with E-state index in [1.54, 1.807) is 0 Å². The van der Waals surface area contributed by atoms with Crippen LogP contribution in [0.1, 0.15) is 252 Å². The standard InChI is InChI=1S/C59H100O6/c1-4-7-10-13-16-19-22-24-25-26-27-28-29-30-31-32-33-34-35-36-38-40-43-46-49-52-58(61)64-55-56(54-63-57(60)51-48-45-42-39-21-18-15-12-9-6-3)65-59(62)53-50-47-44-41-37-23-20-17-14-11-8-5-2/h7,10,12,15-17,19-20,24-25,27-28,30-31,56H,4-6,8-9,11,13-14,18,21-23,26,29,32-55H2,1-3H3/b10-7-,15-12-,19-16-,20-17-,25-24-,28-27-,31-30-. The van der Waals surface area contributed by atoms with Crippen LogP contribution >= 0.6 is 0 Å². The van der Waals surface area contributed by atoms with Crippen molar-refractivity contribution in [3.8, 4) is 0 Å². The fourth-order valence-corrected chi connectivity index (χ4v) is 7.29. The molecule has 0 bridgehead atoms. The van der Waals surface area contributed by atoms with E-state index in [0.29, 0.717) is 19.3 Å². The third-order valence-corrected chi connectivity index (χ3v) is 11.3. The van der Waals surface area contributed by atoms with Crippen LogP contribution in [0.2, 0.25) is 0 Å². The number of carbonyl (C=O) groups excluding carboxylic acids is 3. The highest BCUT2D eigenvalue weighted by molar-refractivity contribution is 5.71. The van der Waals surface area contributed by atoms with Crippen molar-refractivity contribution in [2.45, 2.75) is 258 Å². The van der Waals surface area contributed by atoms with E-state index in [-0.39, 0.29) is 31.1 Å².